The SMILES string of the molecule is Cc1ccc(CNCCOc2ccccc2)cc1Br. The Morgan fingerprint density at radius 2 is 1.89 bits per heavy atom. The maximum absolute atomic E-state index is 5.62. The first-order valence-corrected chi connectivity index (χ1v) is 7.18. The van der Waals surface area contributed by atoms with Crippen LogP contribution in [0.2, 0.25) is 0 Å². The molecule has 0 radical (unpaired) electrons. The van der Waals surface area contributed by atoms with Crippen molar-refractivity contribution >= 4 is 15.9 Å². The number of benzene rings is 2. The molecule has 0 atom stereocenters. The second kappa shape index (κ2) is 7.31. The quantitative estimate of drug-likeness (QED) is 0.815. The standard InChI is InChI=1S/C16H18BrNO/c1-13-7-8-14(11-16(13)17)12-18-9-10-19-15-5-3-2-4-6-15/h2-8,11,18H,9-10,12H2,1H3. The average molecular weight is 320 g/mol. The van der Waals surface area contributed by atoms with Gasteiger partial charge >= 0.3 is 0 Å². The summed E-state index contributed by atoms with van der Waals surface area (Å²) in [4.78, 5) is 0. The number of rotatable bonds is 6. The highest BCUT2D eigenvalue weighted by atomic mass is 79.9. The van der Waals surface area contributed by atoms with Gasteiger partial charge in [0.25, 0.3) is 0 Å². The molecule has 2 nitrogen and oxygen atoms in total. The van der Waals surface area contributed by atoms with Crippen LogP contribution in [0.4, 0.5) is 0 Å². The van der Waals surface area contributed by atoms with Crippen LogP contribution in [-0.2, 0) is 6.54 Å². The molecular weight excluding hydrogens is 302 g/mol. The van der Waals surface area contributed by atoms with Crippen molar-refractivity contribution in [2.75, 3.05) is 13.2 Å². The normalized spacial score (nSPS) is 10.4. The zero-order valence-corrected chi connectivity index (χ0v) is 12.6. The third kappa shape index (κ3) is 4.69. The Hall–Kier alpha value is -1.32. The van der Waals surface area contributed by atoms with Gasteiger partial charge in [-0.3, -0.25) is 0 Å². The molecule has 0 spiro atoms. The summed E-state index contributed by atoms with van der Waals surface area (Å²) < 4.78 is 6.77. The number of halogens is 1. The molecule has 2 aromatic rings. The Labute approximate surface area is 122 Å². The van der Waals surface area contributed by atoms with Crippen molar-refractivity contribution in [3.63, 3.8) is 0 Å². The van der Waals surface area contributed by atoms with Crippen LogP contribution in [0, 0.1) is 6.92 Å². The van der Waals surface area contributed by atoms with Gasteiger partial charge in [-0.15, -0.1) is 0 Å². The molecular formula is C16H18BrNO. The summed E-state index contributed by atoms with van der Waals surface area (Å²) in [5, 5.41) is 3.37. The minimum Gasteiger partial charge on any atom is -0.492 e. The van der Waals surface area contributed by atoms with Crippen molar-refractivity contribution in [3.8, 4) is 5.75 Å². The Kier molecular flexibility index (Phi) is 5.43. The molecule has 0 saturated heterocycles. The predicted octanol–water partition coefficient (Wildman–Crippen LogP) is 3.93. The van der Waals surface area contributed by atoms with Crippen molar-refractivity contribution in [2.24, 2.45) is 0 Å². The lowest BCUT2D eigenvalue weighted by molar-refractivity contribution is 0.313. The summed E-state index contributed by atoms with van der Waals surface area (Å²) in [7, 11) is 0. The van der Waals surface area contributed by atoms with Crippen LogP contribution in [0.15, 0.2) is 53.0 Å². The lowest BCUT2D eigenvalue weighted by Gasteiger charge is -2.08. The highest BCUT2D eigenvalue weighted by Gasteiger charge is 1.97. The molecule has 0 unspecified atom stereocenters. The van der Waals surface area contributed by atoms with Gasteiger partial charge < -0.3 is 10.1 Å². The third-order valence-electron chi connectivity index (χ3n) is 2.86. The Morgan fingerprint density at radius 3 is 2.63 bits per heavy atom. The third-order valence-corrected chi connectivity index (χ3v) is 3.71. The minimum atomic E-state index is 0.678. The highest BCUT2D eigenvalue weighted by molar-refractivity contribution is 9.10. The molecule has 2 rings (SSSR count). The Morgan fingerprint density at radius 1 is 1.11 bits per heavy atom. The van der Waals surface area contributed by atoms with Crippen LogP contribution in [0.5, 0.6) is 5.75 Å². The number of hydrogen-bond donors (Lipinski definition) is 1. The van der Waals surface area contributed by atoms with E-state index in [1.54, 1.807) is 0 Å². The molecule has 0 fully saturated rings. The van der Waals surface area contributed by atoms with Gasteiger partial charge in [-0.1, -0.05) is 46.3 Å². The summed E-state index contributed by atoms with van der Waals surface area (Å²) in [5.74, 6) is 0.919. The van der Waals surface area contributed by atoms with Crippen molar-refractivity contribution in [3.05, 3.63) is 64.1 Å². The molecule has 0 bridgehead atoms. The molecule has 0 aromatic heterocycles. The number of nitrogens with one attached hydrogen (secondary N) is 1. The van der Waals surface area contributed by atoms with E-state index in [0.29, 0.717) is 6.61 Å². The van der Waals surface area contributed by atoms with E-state index in [1.807, 2.05) is 30.3 Å². The van der Waals surface area contributed by atoms with Crippen molar-refractivity contribution in [1.29, 1.82) is 0 Å². The molecule has 0 aliphatic rings. The van der Waals surface area contributed by atoms with E-state index in [0.717, 1.165) is 23.3 Å². The van der Waals surface area contributed by atoms with Crippen LogP contribution in [-0.4, -0.2) is 13.2 Å². The van der Waals surface area contributed by atoms with Gasteiger partial charge in [0.2, 0.25) is 0 Å². The monoisotopic (exact) mass is 319 g/mol. The molecule has 0 aliphatic carbocycles. The van der Waals surface area contributed by atoms with Crippen molar-refractivity contribution < 1.29 is 4.74 Å². The van der Waals surface area contributed by atoms with E-state index < -0.39 is 0 Å². The number of ether oxygens (including phenoxy) is 1. The minimum absolute atomic E-state index is 0.678. The predicted molar refractivity (Wildman–Crippen MR) is 82.5 cm³/mol. The van der Waals surface area contributed by atoms with E-state index in [4.69, 9.17) is 4.74 Å². The van der Waals surface area contributed by atoms with Crippen molar-refractivity contribution in [1.82, 2.24) is 5.32 Å². The lowest BCUT2D eigenvalue weighted by atomic mass is 10.1. The van der Waals surface area contributed by atoms with Gasteiger partial charge in [0.05, 0.1) is 0 Å². The van der Waals surface area contributed by atoms with E-state index >= 15 is 0 Å². The fraction of sp³-hybridized carbons (Fsp3) is 0.250. The summed E-state index contributed by atoms with van der Waals surface area (Å²) in [6.45, 7) is 4.46. The Bertz CT molecular complexity index is 513. The average Bonchev–Trinajstić information content (AvgIpc) is 2.43. The van der Waals surface area contributed by atoms with Crippen LogP contribution in [0.3, 0.4) is 0 Å². The second-order valence-corrected chi connectivity index (χ2v) is 5.28. The van der Waals surface area contributed by atoms with Crippen LogP contribution >= 0.6 is 15.9 Å². The summed E-state index contributed by atoms with van der Waals surface area (Å²) in [6.07, 6.45) is 0. The first kappa shape index (κ1) is 14.1. The largest absolute Gasteiger partial charge is 0.492 e. The smallest absolute Gasteiger partial charge is 0.119 e. The van der Waals surface area contributed by atoms with Gasteiger partial charge in [-0.05, 0) is 36.2 Å². The lowest BCUT2D eigenvalue weighted by Crippen LogP contribution is -2.20. The summed E-state index contributed by atoms with van der Waals surface area (Å²) >= 11 is 3.55. The van der Waals surface area contributed by atoms with Gasteiger partial charge in [0, 0.05) is 17.6 Å². The molecule has 0 heterocycles. The summed E-state index contributed by atoms with van der Waals surface area (Å²) in [5.41, 5.74) is 2.54. The van der Waals surface area contributed by atoms with Crippen molar-refractivity contribution in [2.45, 2.75) is 13.5 Å². The fourth-order valence-corrected chi connectivity index (χ4v) is 2.16. The molecule has 0 amide bonds. The topological polar surface area (TPSA) is 21.3 Å². The number of hydrogen-bond acceptors (Lipinski definition) is 2. The van der Waals surface area contributed by atoms with Gasteiger partial charge in [-0.25, -0.2) is 0 Å². The molecule has 100 valence electrons. The molecule has 2 aromatic carbocycles. The van der Waals surface area contributed by atoms with Gasteiger partial charge in [0.15, 0.2) is 0 Å². The van der Waals surface area contributed by atoms with E-state index in [2.05, 4.69) is 46.4 Å². The Balaban J connectivity index is 1.68. The van der Waals surface area contributed by atoms with Crippen LogP contribution < -0.4 is 10.1 Å². The molecule has 19 heavy (non-hydrogen) atoms. The molecule has 3 heteroatoms. The first-order valence-electron chi connectivity index (χ1n) is 6.39. The first-order chi connectivity index (χ1) is 9.25. The van der Waals surface area contributed by atoms with Gasteiger partial charge in [-0.2, -0.15) is 0 Å². The fourth-order valence-electron chi connectivity index (χ4n) is 1.74. The second-order valence-electron chi connectivity index (χ2n) is 4.42. The van der Waals surface area contributed by atoms with Crippen LogP contribution in [0.1, 0.15) is 11.1 Å². The molecule has 0 aliphatic heterocycles. The zero-order chi connectivity index (χ0) is 13.5. The van der Waals surface area contributed by atoms with E-state index in [-0.39, 0.29) is 0 Å². The number of aryl methyl sites for hydroxylation is 1. The molecule has 1 N–H and O–H groups in total. The highest BCUT2D eigenvalue weighted by Crippen LogP contribution is 2.17. The molecule has 0 saturated carbocycles. The zero-order valence-electron chi connectivity index (χ0n) is 11.0. The van der Waals surface area contributed by atoms with Gasteiger partial charge in [0.1, 0.15) is 12.4 Å². The summed E-state index contributed by atoms with van der Waals surface area (Å²) in [6, 6.07) is 16.3. The maximum atomic E-state index is 5.62. The van der Waals surface area contributed by atoms with Crippen LogP contribution in [0.25, 0.3) is 0 Å². The van der Waals surface area contributed by atoms with E-state index in [1.165, 1.54) is 11.1 Å². The maximum Gasteiger partial charge on any atom is 0.119 e. The number of para-hydroxylation sites is 1. The van der Waals surface area contributed by atoms with E-state index in [9.17, 15) is 0 Å².